The van der Waals surface area contributed by atoms with Crippen LogP contribution in [-0.2, 0) is 6.42 Å². The smallest absolute Gasteiger partial charge is 0.0928 e. The van der Waals surface area contributed by atoms with Crippen LogP contribution in [-0.4, -0.2) is 18.1 Å². The van der Waals surface area contributed by atoms with Crippen molar-refractivity contribution in [2.45, 2.75) is 45.1 Å². The Kier molecular flexibility index (Phi) is 3.76. The molecular formula is C12H20N2S. The van der Waals surface area contributed by atoms with E-state index in [-0.39, 0.29) is 0 Å². The molecule has 0 radical (unpaired) electrons. The summed E-state index contributed by atoms with van der Waals surface area (Å²) in [7, 11) is 2.09. The van der Waals surface area contributed by atoms with Crippen LogP contribution in [0.4, 0.5) is 0 Å². The van der Waals surface area contributed by atoms with Gasteiger partial charge in [0, 0.05) is 17.1 Å². The van der Waals surface area contributed by atoms with Crippen molar-refractivity contribution < 1.29 is 0 Å². The average Bonchev–Trinajstić information content (AvgIpc) is 2.98. The molecule has 0 aromatic carbocycles. The highest BCUT2D eigenvalue weighted by Gasteiger charge is 2.29. The van der Waals surface area contributed by atoms with Crippen molar-refractivity contribution in [1.29, 1.82) is 0 Å². The van der Waals surface area contributed by atoms with Gasteiger partial charge in [-0.15, -0.1) is 11.3 Å². The first kappa shape index (κ1) is 11.1. The van der Waals surface area contributed by atoms with Gasteiger partial charge in [-0.05, 0) is 52.0 Å². The lowest BCUT2D eigenvalue weighted by atomic mass is 10.1. The average molecular weight is 224 g/mol. The number of aryl methyl sites for hydroxylation is 2. The van der Waals surface area contributed by atoms with Gasteiger partial charge in [-0.1, -0.05) is 0 Å². The number of aromatic nitrogens is 1. The van der Waals surface area contributed by atoms with Crippen molar-refractivity contribution in [2.24, 2.45) is 5.92 Å². The normalized spacial score (nSPS) is 18.0. The first-order chi connectivity index (χ1) is 7.29. The number of nitrogens with zero attached hydrogens (tertiary/aromatic N) is 1. The van der Waals surface area contributed by atoms with E-state index in [1.54, 1.807) is 11.3 Å². The lowest BCUT2D eigenvalue weighted by Gasteiger charge is -2.14. The Morgan fingerprint density at radius 2 is 2.40 bits per heavy atom. The second-order valence-corrected chi connectivity index (χ2v) is 5.45. The van der Waals surface area contributed by atoms with Gasteiger partial charge in [-0.2, -0.15) is 0 Å². The standard InChI is InChI=1S/C12H20N2S/c1-9-8-15-12(14-9)5-3-4-11(13-2)10-6-7-10/h8,10-11,13H,3-7H2,1-2H3. The highest BCUT2D eigenvalue weighted by Crippen LogP contribution is 2.34. The Labute approximate surface area is 96.1 Å². The van der Waals surface area contributed by atoms with Gasteiger partial charge in [0.2, 0.25) is 0 Å². The van der Waals surface area contributed by atoms with Crippen LogP contribution in [0.15, 0.2) is 5.38 Å². The van der Waals surface area contributed by atoms with Gasteiger partial charge >= 0.3 is 0 Å². The fraction of sp³-hybridized carbons (Fsp3) is 0.750. The molecule has 15 heavy (non-hydrogen) atoms. The summed E-state index contributed by atoms with van der Waals surface area (Å²) in [5, 5.41) is 6.89. The van der Waals surface area contributed by atoms with Crippen molar-refractivity contribution in [1.82, 2.24) is 10.3 Å². The number of thiazole rings is 1. The van der Waals surface area contributed by atoms with Gasteiger partial charge in [0.1, 0.15) is 0 Å². The highest BCUT2D eigenvalue weighted by molar-refractivity contribution is 7.09. The van der Waals surface area contributed by atoms with Gasteiger partial charge in [-0.25, -0.2) is 4.98 Å². The van der Waals surface area contributed by atoms with E-state index in [4.69, 9.17) is 0 Å². The summed E-state index contributed by atoms with van der Waals surface area (Å²) >= 11 is 1.80. The molecular weight excluding hydrogens is 204 g/mol. The van der Waals surface area contributed by atoms with E-state index in [0.29, 0.717) is 0 Å². The van der Waals surface area contributed by atoms with Crippen molar-refractivity contribution in [3.63, 3.8) is 0 Å². The molecule has 0 amide bonds. The van der Waals surface area contributed by atoms with Crippen molar-refractivity contribution >= 4 is 11.3 Å². The monoisotopic (exact) mass is 224 g/mol. The van der Waals surface area contributed by atoms with Crippen LogP contribution in [0.1, 0.15) is 36.4 Å². The molecule has 1 saturated carbocycles. The number of nitrogens with one attached hydrogen (secondary N) is 1. The molecule has 0 aliphatic heterocycles. The summed E-state index contributed by atoms with van der Waals surface area (Å²) in [4.78, 5) is 4.49. The van der Waals surface area contributed by atoms with E-state index >= 15 is 0 Å². The zero-order chi connectivity index (χ0) is 10.7. The molecule has 2 rings (SSSR count). The second-order valence-electron chi connectivity index (χ2n) is 4.51. The predicted molar refractivity (Wildman–Crippen MR) is 65.4 cm³/mol. The Bertz CT molecular complexity index is 304. The quantitative estimate of drug-likeness (QED) is 0.803. The summed E-state index contributed by atoms with van der Waals surface area (Å²) in [6.45, 7) is 2.07. The van der Waals surface area contributed by atoms with Crippen LogP contribution in [0.25, 0.3) is 0 Å². The fourth-order valence-corrected chi connectivity index (χ4v) is 2.92. The molecule has 1 aromatic heterocycles. The Morgan fingerprint density at radius 1 is 1.60 bits per heavy atom. The van der Waals surface area contributed by atoms with Crippen LogP contribution in [0.3, 0.4) is 0 Å². The first-order valence-corrected chi connectivity index (χ1v) is 6.76. The van der Waals surface area contributed by atoms with Crippen LogP contribution in [0.5, 0.6) is 0 Å². The summed E-state index contributed by atoms with van der Waals surface area (Å²) in [5.74, 6) is 0.966. The minimum atomic E-state index is 0.756. The van der Waals surface area contributed by atoms with Gasteiger partial charge in [-0.3, -0.25) is 0 Å². The van der Waals surface area contributed by atoms with Crippen LogP contribution < -0.4 is 5.32 Å². The maximum absolute atomic E-state index is 4.49. The summed E-state index contributed by atoms with van der Waals surface area (Å²) < 4.78 is 0. The summed E-state index contributed by atoms with van der Waals surface area (Å²) in [5.41, 5.74) is 1.17. The minimum Gasteiger partial charge on any atom is -0.317 e. The van der Waals surface area contributed by atoms with E-state index < -0.39 is 0 Å². The minimum absolute atomic E-state index is 0.756. The Morgan fingerprint density at radius 3 is 2.93 bits per heavy atom. The Hall–Kier alpha value is -0.410. The molecule has 84 valence electrons. The molecule has 2 nitrogen and oxygen atoms in total. The molecule has 1 fully saturated rings. The molecule has 1 aromatic rings. The third-order valence-electron chi connectivity index (χ3n) is 3.13. The summed E-state index contributed by atoms with van der Waals surface area (Å²) in [6, 6.07) is 0.756. The zero-order valence-corrected chi connectivity index (χ0v) is 10.4. The second kappa shape index (κ2) is 5.08. The van der Waals surface area contributed by atoms with E-state index in [1.165, 1.54) is 36.4 Å². The van der Waals surface area contributed by atoms with Crippen LogP contribution in [0.2, 0.25) is 0 Å². The molecule has 1 aliphatic carbocycles. The summed E-state index contributed by atoms with van der Waals surface area (Å²) in [6.07, 6.45) is 6.60. The lowest BCUT2D eigenvalue weighted by molar-refractivity contribution is 0.456. The fourth-order valence-electron chi connectivity index (χ4n) is 2.11. The highest BCUT2D eigenvalue weighted by atomic mass is 32.1. The molecule has 1 unspecified atom stereocenters. The largest absolute Gasteiger partial charge is 0.317 e. The molecule has 0 saturated heterocycles. The molecule has 1 N–H and O–H groups in total. The third-order valence-corrected chi connectivity index (χ3v) is 4.16. The molecule has 3 heteroatoms. The van der Waals surface area contributed by atoms with Crippen LogP contribution in [0, 0.1) is 12.8 Å². The molecule has 0 spiro atoms. The molecule has 1 aliphatic rings. The number of hydrogen-bond donors (Lipinski definition) is 1. The van der Waals surface area contributed by atoms with E-state index in [9.17, 15) is 0 Å². The number of hydrogen-bond acceptors (Lipinski definition) is 3. The van der Waals surface area contributed by atoms with Gasteiger partial charge in [0.25, 0.3) is 0 Å². The molecule has 1 atom stereocenters. The van der Waals surface area contributed by atoms with E-state index in [1.807, 2.05) is 0 Å². The Balaban J connectivity index is 1.69. The van der Waals surface area contributed by atoms with Gasteiger partial charge in [0.15, 0.2) is 0 Å². The van der Waals surface area contributed by atoms with Crippen LogP contribution >= 0.6 is 11.3 Å². The maximum Gasteiger partial charge on any atom is 0.0928 e. The van der Waals surface area contributed by atoms with Crippen molar-refractivity contribution in [3.8, 4) is 0 Å². The van der Waals surface area contributed by atoms with Crippen molar-refractivity contribution in [2.75, 3.05) is 7.05 Å². The third kappa shape index (κ3) is 3.28. The zero-order valence-electron chi connectivity index (χ0n) is 9.62. The SMILES string of the molecule is CNC(CCCc1nc(C)cs1)C1CC1. The van der Waals surface area contributed by atoms with Crippen molar-refractivity contribution in [3.05, 3.63) is 16.1 Å². The first-order valence-electron chi connectivity index (χ1n) is 5.88. The van der Waals surface area contributed by atoms with E-state index in [0.717, 1.165) is 18.4 Å². The predicted octanol–water partition coefficient (Wildman–Crippen LogP) is 2.77. The van der Waals surface area contributed by atoms with Gasteiger partial charge in [0.05, 0.1) is 5.01 Å². The molecule has 1 heterocycles. The maximum atomic E-state index is 4.49. The van der Waals surface area contributed by atoms with E-state index in [2.05, 4.69) is 29.7 Å². The lowest BCUT2D eigenvalue weighted by Crippen LogP contribution is -2.27. The number of rotatable bonds is 6. The van der Waals surface area contributed by atoms with Gasteiger partial charge < -0.3 is 5.32 Å². The molecule has 0 bridgehead atoms. The topological polar surface area (TPSA) is 24.9 Å².